The van der Waals surface area contributed by atoms with Crippen LogP contribution < -0.4 is 10.1 Å². The lowest BCUT2D eigenvalue weighted by molar-refractivity contribution is 0.177. The number of hydrogen-bond donors (Lipinski definition) is 1. The van der Waals surface area contributed by atoms with E-state index in [2.05, 4.69) is 63.0 Å². The van der Waals surface area contributed by atoms with Crippen molar-refractivity contribution in [1.82, 2.24) is 4.90 Å². The minimum Gasteiger partial charge on any atom is -0.491 e. The first kappa shape index (κ1) is 16.2. The summed E-state index contributed by atoms with van der Waals surface area (Å²) in [7, 11) is 0. The number of benzene rings is 1. The number of likely N-dealkylation sites (tertiary alicyclic amines) is 1. The van der Waals surface area contributed by atoms with Gasteiger partial charge < -0.3 is 15.0 Å². The molecule has 1 aliphatic heterocycles. The van der Waals surface area contributed by atoms with Gasteiger partial charge in [-0.25, -0.2) is 0 Å². The predicted octanol–water partition coefficient (Wildman–Crippen LogP) is 4.07. The molecule has 0 bridgehead atoms. The molecule has 21 heavy (non-hydrogen) atoms. The van der Waals surface area contributed by atoms with E-state index in [4.69, 9.17) is 4.74 Å². The van der Waals surface area contributed by atoms with E-state index in [1.807, 2.05) is 0 Å². The smallest absolute Gasteiger partial charge is 0.120 e. The summed E-state index contributed by atoms with van der Waals surface area (Å²) in [6.45, 7) is 13.2. The Kier molecular flexibility index (Phi) is 5.51. The molecular formula is C18H30N2O. The molecule has 0 radical (unpaired) electrons. The average molecular weight is 290 g/mol. The summed E-state index contributed by atoms with van der Waals surface area (Å²) >= 11 is 0. The van der Waals surface area contributed by atoms with Crippen LogP contribution in [0.15, 0.2) is 18.2 Å². The van der Waals surface area contributed by atoms with Gasteiger partial charge in [-0.2, -0.15) is 0 Å². The molecule has 1 N–H and O–H groups in total. The van der Waals surface area contributed by atoms with Crippen LogP contribution in [-0.4, -0.2) is 36.2 Å². The lowest BCUT2D eigenvalue weighted by Gasteiger charge is -2.35. The minimum atomic E-state index is 0.226. The zero-order valence-corrected chi connectivity index (χ0v) is 14.1. The average Bonchev–Trinajstić information content (AvgIpc) is 2.42. The van der Waals surface area contributed by atoms with Crippen LogP contribution in [0.2, 0.25) is 0 Å². The molecule has 0 aromatic heterocycles. The second-order valence-electron chi connectivity index (χ2n) is 6.69. The van der Waals surface area contributed by atoms with E-state index >= 15 is 0 Å². The highest BCUT2D eigenvalue weighted by Crippen LogP contribution is 2.25. The van der Waals surface area contributed by atoms with Crippen LogP contribution in [0.5, 0.6) is 5.75 Å². The van der Waals surface area contributed by atoms with Crippen molar-refractivity contribution in [2.24, 2.45) is 0 Å². The van der Waals surface area contributed by atoms with Crippen molar-refractivity contribution < 1.29 is 4.74 Å². The first-order valence-electron chi connectivity index (χ1n) is 8.23. The van der Waals surface area contributed by atoms with Gasteiger partial charge in [-0.15, -0.1) is 0 Å². The maximum atomic E-state index is 5.75. The van der Waals surface area contributed by atoms with E-state index < -0.39 is 0 Å². The first-order chi connectivity index (χ1) is 9.95. The Balaban J connectivity index is 1.92. The van der Waals surface area contributed by atoms with E-state index in [1.54, 1.807) is 0 Å². The van der Waals surface area contributed by atoms with Crippen LogP contribution in [0.3, 0.4) is 0 Å². The van der Waals surface area contributed by atoms with Crippen molar-refractivity contribution in [3.05, 3.63) is 23.8 Å². The molecule has 1 aromatic rings. The highest BCUT2D eigenvalue weighted by molar-refractivity contribution is 5.54. The summed E-state index contributed by atoms with van der Waals surface area (Å²) in [6, 6.07) is 7.61. The summed E-state index contributed by atoms with van der Waals surface area (Å²) in [5.41, 5.74) is 2.51. The maximum Gasteiger partial charge on any atom is 0.120 e. The topological polar surface area (TPSA) is 24.5 Å². The molecule has 0 amide bonds. The van der Waals surface area contributed by atoms with E-state index in [9.17, 15) is 0 Å². The summed E-state index contributed by atoms with van der Waals surface area (Å²) in [6.07, 6.45) is 2.67. The molecule has 0 spiro atoms. The van der Waals surface area contributed by atoms with E-state index in [0.29, 0.717) is 12.1 Å². The summed E-state index contributed by atoms with van der Waals surface area (Å²) in [5.74, 6) is 0.961. The van der Waals surface area contributed by atoms with Crippen molar-refractivity contribution in [3.63, 3.8) is 0 Å². The van der Waals surface area contributed by atoms with Crippen molar-refractivity contribution >= 4 is 5.69 Å². The van der Waals surface area contributed by atoms with Crippen molar-refractivity contribution in [2.45, 2.75) is 65.6 Å². The van der Waals surface area contributed by atoms with Crippen LogP contribution in [-0.2, 0) is 0 Å². The van der Waals surface area contributed by atoms with Gasteiger partial charge in [-0.05, 0) is 71.2 Å². The first-order valence-corrected chi connectivity index (χ1v) is 8.23. The van der Waals surface area contributed by atoms with Gasteiger partial charge in [0.25, 0.3) is 0 Å². The molecule has 0 unspecified atom stereocenters. The molecule has 1 aromatic carbocycles. The summed E-state index contributed by atoms with van der Waals surface area (Å²) < 4.78 is 5.75. The molecule has 0 aliphatic carbocycles. The molecule has 1 saturated heterocycles. The number of rotatable bonds is 5. The Morgan fingerprint density at radius 1 is 1.14 bits per heavy atom. The molecule has 0 atom stereocenters. The van der Waals surface area contributed by atoms with Gasteiger partial charge in [0.1, 0.15) is 5.75 Å². The highest BCUT2D eigenvalue weighted by atomic mass is 16.5. The highest BCUT2D eigenvalue weighted by Gasteiger charge is 2.20. The van der Waals surface area contributed by atoms with Crippen molar-refractivity contribution in [1.29, 1.82) is 0 Å². The van der Waals surface area contributed by atoms with Gasteiger partial charge >= 0.3 is 0 Å². The van der Waals surface area contributed by atoms with E-state index in [1.165, 1.54) is 37.2 Å². The van der Waals surface area contributed by atoms with Crippen LogP contribution in [0, 0.1) is 6.92 Å². The molecule has 2 rings (SSSR count). The van der Waals surface area contributed by atoms with Gasteiger partial charge in [0.2, 0.25) is 0 Å². The minimum absolute atomic E-state index is 0.226. The fraction of sp³-hybridized carbons (Fsp3) is 0.667. The maximum absolute atomic E-state index is 5.75. The fourth-order valence-corrected chi connectivity index (χ4v) is 2.92. The fourth-order valence-electron chi connectivity index (χ4n) is 2.92. The SMILES string of the molecule is Cc1cc(OC(C)C)ccc1NC1CCN(C(C)C)CC1. The molecule has 1 heterocycles. The summed E-state index contributed by atoms with van der Waals surface area (Å²) in [5, 5.41) is 3.71. The van der Waals surface area contributed by atoms with Gasteiger partial charge in [-0.1, -0.05) is 0 Å². The standard InChI is InChI=1S/C18H30N2O/c1-13(2)20-10-8-16(9-11-20)19-18-7-6-17(12-15(18)5)21-14(3)4/h6-7,12-14,16,19H,8-11H2,1-5H3. The number of anilines is 1. The van der Waals surface area contributed by atoms with Crippen LogP contribution in [0.4, 0.5) is 5.69 Å². The largest absolute Gasteiger partial charge is 0.491 e. The molecule has 3 heteroatoms. The Morgan fingerprint density at radius 3 is 2.33 bits per heavy atom. The third-order valence-electron chi connectivity index (χ3n) is 4.19. The number of nitrogens with one attached hydrogen (secondary N) is 1. The van der Waals surface area contributed by atoms with E-state index in [0.717, 1.165) is 5.75 Å². The second-order valence-corrected chi connectivity index (χ2v) is 6.69. The van der Waals surface area contributed by atoms with E-state index in [-0.39, 0.29) is 6.10 Å². The number of piperidine rings is 1. The normalized spacial score (nSPS) is 17.5. The molecule has 1 aliphatic rings. The zero-order chi connectivity index (χ0) is 15.4. The Morgan fingerprint density at radius 2 is 1.81 bits per heavy atom. The molecule has 0 saturated carbocycles. The zero-order valence-electron chi connectivity index (χ0n) is 14.1. The van der Waals surface area contributed by atoms with Crippen LogP contribution >= 0.6 is 0 Å². The second kappa shape index (κ2) is 7.17. The predicted molar refractivity (Wildman–Crippen MR) is 90.3 cm³/mol. The molecule has 118 valence electrons. The lowest BCUT2D eigenvalue weighted by atomic mass is 10.0. The molecule has 1 fully saturated rings. The summed E-state index contributed by atoms with van der Waals surface area (Å²) in [4.78, 5) is 2.56. The Hall–Kier alpha value is -1.22. The Bertz CT molecular complexity index is 449. The Labute approximate surface area is 129 Å². The number of aryl methyl sites for hydroxylation is 1. The quantitative estimate of drug-likeness (QED) is 0.885. The van der Waals surface area contributed by atoms with Crippen LogP contribution in [0.1, 0.15) is 46.1 Å². The van der Waals surface area contributed by atoms with Gasteiger partial charge in [-0.3, -0.25) is 0 Å². The van der Waals surface area contributed by atoms with Gasteiger partial charge in [0, 0.05) is 30.9 Å². The monoisotopic (exact) mass is 290 g/mol. The molecule has 3 nitrogen and oxygen atoms in total. The third kappa shape index (κ3) is 4.63. The number of nitrogens with zero attached hydrogens (tertiary/aromatic N) is 1. The lowest BCUT2D eigenvalue weighted by Crippen LogP contribution is -2.42. The van der Waals surface area contributed by atoms with Crippen molar-refractivity contribution in [2.75, 3.05) is 18.4 Å². The van der Waals surface area contributed by atoms with Gasteiger partial charge in [0.05, 0.1) is 6.10 Å². The third-order valence-corrected chi connectivity index (χ3v) is 4.19. The van der Waals surface area contributed by atoms with Crippen molar-refractivity contribution in [3.8, 4) is 5.75 Å². The van der Waals surface area contributed by atoms with Crippen LogP contribution in [0.25, 0.3) is 0 Å². The molecular weight excluding hydrogens is 260 g/mol. The number of ether oxygens (including phenoxy) is 1. The van der Waals surface area contributed by atoms with Gasteiger partial charge in [0.15, 0.2) is 0 Å². The number of hydrogen-bond acceptors (Lipinski definition) is 3.